The van der Waals surface area contributed by atoms with Crippen molar-refractivity contribution >= 4 is 5.69 Å². The quantitative estimate of drug-likeness (QED) is 0.799. The summed E-state index contributed by atoms with van der Waals surface area (Å²) < 4.78 is 0. The summed E-state index contributed by atoms with van der Waals surface area (Å²) in [5.41, 5.74) is 3.88. The molecule has 0 aliphatic heterocycles. The van der Waals surface area contributed by atoms with Gasteiger partial charge in [0.2, 0.25) is 0 Å². The minimum absolute atomic E-state index is 0.171. The van der Waals surface area contributed by atoms with Crippen molar-refractivity contribution in [1.82, 2.24) is 0 Å². The lowest BCUT2D eigenvalue weighted by Crippen LogP contribution is -2.11. The third kappa shape index (κ3) is 2.99. The average molecular weight is 221 g/mol. The van der Waals surface area contributed by atoms with Crippen LogP contribution in [0.5, 0.6) is 0 Å². The third-order valence-electron chi connectivity index (χ3n) is 2.79. The van der Waals surface area contributed by atoms with Crippen molar-refractivity contribution in [2.24, 2.45) is 0 Å². The molecule has 0 heterocycles. The van der Waals surface area contributed by atoms with Gasteiger partial charge in [0.1, 0.15) is 0 Å². The fourth-order valence-electron chi connectivity index (χ4n) is 1.94. The zero-order valence-electron chi connectivity index (χ0n) is 10.7. The van der Waals surface area contributed by atoms with Gasteiger partial charge in [0.15, 0.2) is 0 Å². The Hall–Kier alpha value is -1.02. The van der Waals surface area contributed by atoms with Gasteiger partial charge in [-0.15, -0.1) is 0 Å². The molecule has 2 N–H and O–H groups in total. The normalized spacial score (nSPS) is 11.2. The zero-order chi connectivity index (χ0) is 12.1. The van der Waals surface area contributed by atoms with Gasteiger partial charge >= 0.3 is 0 Å². The van der Waals surface area contributed by atoms with Crippen molar-refractivity contribution in [3.05, 3.63) is 29.3 Å². The van der Waals surface area contributed by atoms with Crippen LogP contribution in [0.2, 0.25) is 0 Å². The molecule has 0 atom stereocenters. The molecule has 0 aliphatic carbocycles. The van der Waals surface area contributed by atoms with Crippen LogP contribution in [0.3, 0.4) is 0 Å². The predicted molar refractivity (Wildman–Crippen MR) is 70.2 cm³/mol. The Labute approximate surface area is 98.7 Å². The summed E-state index contributed by atoms with van der Waals surface area (Å²) in [5, 5.41) is 12.3. The van der Waals surface area contributed by atoms with Crippen LogP contribution < -0.4 is 5.32 Å². The molecule has 1 aromatic rings. The molecule has 0 amide bonds. The first-order valence-corrected chi connectivity index (χ1v) is 6.05. The third-order valence-corrected chi connectivity index (χ3v) is 2.79. The molecule has 1 aromatic carbocycles. The molecule has 16 heavy (non-hydrogen) atoms. The van der Waals surface area contributed by atoms with Gasteiger partial charge in [0, 0.05) is 12.2 Å². The Balaban J connectivity index is 3.12. The average Bonchev–Trinajstić information content (AvgIpc) is 2.25. The van der Waals surface area contributed by atoms with Crippen molar-refractivity contribution in [3.8, 4) is 0 Å². The van der Waals surface area contributed by atoms with Crippen LogP contribution in [0.1, 0.15) is 50.7 Å². The predicted octanol–water partition coefficient (Wildman–Crippen LogP) is 3.34. The molecule has 0 unspecified atom stereocenters. The maximum atomic E-state index is 8.92. The highest BCUT2D eigenvalue weighted by atomic mass is 16.3. The van der Waals surface area contributed by atoms with Crippen molar-refractivity contribution in [2.45, 2.75) is 39.5 Å². The van der Waals surface area contributed by atoms with Crippen molar-refractivity contribution < 1.29 is 5.11 Å². The number of aliphatic hydroxyl groups excluding tert-OH is 1. The summed E-state index contributed by atoms with van der Waals surface area (Å²) in [4.78, 5) is 0. The van der Waals surface area contributed by atoms with Crippen LogP contribution in [-0.4, -0.2) is 18.3 Å². The first-order chi connectivity index (χ1) is 7.57. The molecule has 2 heteroatoms. The van der Waals surface area contributed by atoms with E-state index in [1.807, 2.05) is 0 Å². The smallest absolute Gasteiger partial charge is 0.0604 e. The van der Waals surface area contributed by atoms with Gasteiger partial charge in [-0.05, 0) is 23.0 Å². The van der Waals surface area contributed by atoms with E-state index in [-0.39, 0.29) is 6.61 Å². The van der Waals surface area contributed by atoms with E-state index in [1.54, 1.807) is 0 Å². The molecule has 0 radical (unpaired) electrons. The van der Waals surface area contributed by atoms with Gasteiger partial charge < -0.3 is 10.4 Å². The standard InChI is InChI=1S/C14H23NO/c1-10(2)12-6-5-7-13(11(3)4)14(12)15-8-9-16/h5-7,10-11,15-16H,8-9H2,1-4H3. The van der Waals surface area contributed by atoms with E-state index < -0.39 is 0 Å². The molecule has 0 aliphatic rings. The first-order valence-electron chi connectivity index (χ1n) is 6.05. The van der Waals surface area contributed by atoms with Crippen LogP contribution in [0.4, 0.5) is 5.69 Å². The molecule has 2 nitrogen and oxygen atoms in total. The summed E-state index contributed by atoms with van der Waals surface area (Å²) in [5.74, 6) is 1.000. The van der Waals surface area contributed by atoms with Crippen LogP contribution >= 0.6 is 0 Å². The maximum absolute atomic E-state index is 8.92. The van der Waals surface area contributed by atoms with Gasteiger partial charge in [-0.2, -0.15) is 0 Å². The summed E-state index contributed by atoms with van der Waals surface area (Å²) in [6, 6.07) is 6.45. The van der Waals surface area contributed by atoms with Gasteiger partial charge in [0.05, 0.1) is 6.61 Å². The Morgan fingerprint density at radius 2 is 1.56 bits per heavy atom. The fraction of sp³-hybridized carbons (Fsp3) is 0.571. The van der Waals surface area contributed by atoms with E-state index in [4.69, 9.17) is 5.11 Å². The Morgan fingerprint density at radius 1 is 1.06 bits per heavy atom. The summed E-state index contributed by atoms with van der Waals surface area (Å²) in [7, 11) is 0. The van der Waals surface area contributed by atoms with Crippen LogP contribution in [-0.2, 0) is 0 Å². The Morgan fingerprint density at radius 3 is 1.94 bits per heavy atom. The van der Waals surface area contributed by atoms with Crippen LogP contribution in [0, 0.1) is 0 Å². The minimum atomic E-state index is 0.171. The van der Waals surface area contributed by atoms with Gasteiger partial charge in [-0.3, -0.25) is 0 Å². The molecule has 90 valence electrons. The number of anilines is 1. The van der Waals surface area contributed by atoms with E-state index in [2.05, 4.69) is 51.2 Å². The summed E-state index contributed by atoms with van der Waals surface area (Å²) >= 11 is 0. The van der Waals surface area contributed by atoms with Crippen molar-refractivity contribution in [1.29, 1.82) is 0 Å². The van der Waals surface area contributed by atoms with Crippen molar-refractivity contribution in [3.63, 3.8) is 0 Å². The number of para-hydroxylation sites is 1. The van der Waals surface area contributed by atoms with Gasteiger partial charge in [-0.1, -0.05) is 45.9 Å². The van der Waals surface area contributed by atoms with Gasteiger partial charge in [0.25, 0.3) is 0 Å². The molecular formula is C14H23NO. The lowest BCUT2D eigenvalue weighted by molar-refractivity contribution is 0.311. The maximum Gasteiger partial charge on any atom is 0.0604 e. The van der Waals surface area contributed by atoms with Gasteiger partial charge in [-0.25, -0.2) is 0 Å². The molecule has 0 aromatic heterocycles. The lowest BCUT2D eigenvalue weighted by atomic mass is 9.92. The van der Waals surface area contributed by atoms with E-state index in [9.17, 15) is 0 Å². The first kappa shape index (κ1) is 13.0. The molecular weight excluding hydrogens is 198 g/mol. The topological polar surface area (TPSA) is 32.3 Å². The number of rotatable bonds is 5. The van der Waals surface area contributed by atoms with E-state index >= 15 is 0 Å². The van der Waals surface area contributed by atoms with E-state index in [0.29, 0.717) is 18.4 Å². The number of hydrogen-bond acceptors (Lipinski definition) is 2. The second-order valence-corrected chi connectivity index (χ2v) is 4.77. The monoisotopic (exact) mass is 221 g/mol. The molecule has 0 bridgehead atoms. The highest BCUT2D eigenvalue weighted by Gasteiger charge is 2.12. The minimum Gasteiger partial charge on any atom is -0.395 e. The Bertz CT molecular complexity index is 305. The van der Waals surface area contributed by atoms with Crippen LogP contribution in [0.25, 0.3) is 0 Å². The summed E-state index contributed by atoms with van der Waals surface area (Å²) in [6.07, 6.45) is 0. The second-order valence-electron chi connectivity index (χ2n) is 4.77. The number of aliphatic hydroxyl groups is 1. The van der Waals surface area contributed by atoms with E-state index in [1.165, 1.54) is 16.8 Å². The van der Waals surface area contributed by atoms with E-state index in [0.717, 1.165) is 0 Å². The highest BCUT2D eigenvalue weighted by Crippen LogP contribution is 2.31. The molecule has 0 saturated carbocycles. The summed E-state index contributed by atoms with van der Waals surface area (Å²) in [6.45, 7) is 9.58. The number of hydrogen-bond donors (Lipinski definition) is 2. The Kier molecular flexibility index (Phi) is 4.81. The highest BCUT2D eigenvalue weighted by molar-refractivity contribution is 5.60. The molecule has 0 saturated heterocycles. The number of nitrogens with one attached hydrogen (secondary N) is 1. The number of benzene rings is 1. The van der Waals surface area contributed by atoms with Crippen molar-refractivity contribution in [2.75, 3.05) is 18.5 Å². The van der Waals surface area contributed by atoms with Crippen LogP contribution in [0.15, 0.2) is 18.2 Å². The zero-order valence-corrected chi connectivity index (χ0v) is 10.7. The second kappa shape index (κ2) is 5.90. The molecule has 0 spiro atoms. The lowest BCUT2D eigenvalue weighted by Gasteiger charge is -2.20. The fourth-order valence-corrected chi connectivity index (χ4v) is 1.94. The molecule has 1 rings (SSSR count). The largest absolute Gasteiger partial charge is 0.395 e. The SMILES string of the molecule is CC(C)c1cccc(C(C)C)c1NCCO. The molecule has 0 fully saturated rings.